The summed E-state index contributed by atoms with van der Waals surface area (Å²) in [4.78, 5) is 15.6. The van der Waals surface area contributed by atoms with E-state index in [9.17, 15) is 17.6 Å². The lowest BCUT2D eigenvalue weighted by Gasteiger charge is -2.10. The summed E-state index contributed by atoms with van der Waals surface area (Å²) in [6.45, 7) is 0. The van der Waals surface area contributed by atoms with Gasteiger partial charge in [-0.15, -0.1) is 0 Å². The molecule has 0 aliphatic carbocycles. The minimum Gasteiger partial charge on any atom is -0.351 e. The van der Waals surface area contributed by atoms with Crippen molar-refractivity contribution in [3.05, 3.63) is 90.4 Å². The molecule has 3 N–H and O–H groups in total. The van der Waals surface area contributed by atoms with Gasteiger partial charge in [0.25, 0.3) is 15.9 Å². The van der Waals surface area contributed by atoms with Crippen molar-refractivity contribution in [3.63, 3.8) is 0 Å². The zero-order chi connectivity index (χ0) is 20.4. The number of hydrogen-bond donors (Lipinski definition) is 3. The van der Waals surface area contributed by atoms with Crippen LogP contribution in [0.1, 0.15) is 10.5 Å². The lowest BCUT2D eigenvalue weighted by Crippen LogP contribution is -2.14. The fraction of sp³-hybridized carbons (Fsp3) is 0. The van der Waals surface area contributed by atoms with Gasteiger partial charge in [-0.25, -0.2) is 12.8 Å². The SMILES string of the molecule is O=C(Nc1cccc(NS(=O)(=O)c2ccccc2)c1)c1cc2cc(F)ccc2[nH]1. The molecule has 0 saturated heterocycles. The van der Waals surface area contributed by atoms with Crippen LogP contribution in [-0.2, 0) is 10.0 Å². The zero-order valence-corrected chi connectivity index (χ0v) is 15.8. The first kappa shape index (κ1) is 18.7. The van der Waals surface area contributed by atoms with Crippen molar-refractivity contribution in [2.24, 2.45) is 0 Å². The van der Waals surface area contributed by atoms with Gasteiger partial charge >= 0.3 is 0 Å². The summed E-state index contributed by atoms with van der Waals surface area (Å²) in [5, 5.41) is 3.28. The fourth-order valence-corrected chi connectivity index (χ4v) is 3.97. The van der Waals surface area contributed by atoms with Gasteiger partial charge in [-0.3, -0.25) is 9.52 Å². The maximum Gasteiger partial charge on any atom is 0.272 e. The van der Waals surface area contributed by atoms with Gasteiger partial charge in [0.05, 0.1) is 10.6 Å². The van der Waals surface area contributed by atoms with Crippen molar-refractivity contribution < 1.29 is 17.6 Å². The fourth-order valence-electron chi connectivity index (χ4n) is 2.90. The van der Waals surface area contributed by atoms with Crippen molar-refractivity contribution in [1.29, 1.82) is 0 Å². The van der Waals surface area contributed by atoms with Crippen LogP contribution in [-0.4, -0.2) is 19.3 Å². The van der Waals surface area contributed by atoms with Crippen LogP contribution in [0.3, 0.4) is 0 Å². The Labute approximate surface area is 166 Å². The van der Waals surface area contributed by atoms with E-state index in [0.717, 1.165) is 0 Å². The van der Waals surface area contributed by atoms with Crippen LogP contribution in [0.25, 0.3) is 10.9 Å². The van der Waals surface area contributed by atoms with Gasteiger partial charge in [-0.1, -0.05) is 24.3 Å². The molecule has 0 aliphatic heterocycles. The third-order valence-corrected chi connectivity index (χ3v) is 5.65. The molecule has 0 aliphatic rings. The highest BCUT2D eigenvalue weighted by Gasteiger charge is 2.14. The number of benzene rings is 3. The molecule has 3 aromatic carbocycles. The number of H-pyrrole nitrogens is 1. The Kier molecular flexibility index (Phi) is 4.77. The number of anilines is 2. The van der Waals surface area contributed by atoms with Gasteiger partial charge < -0.3 is 10.3 Å². The molecule has 8 heteroatoms. The van der Waals surface area contributed by atoms with Gasteiger partial charge in [-0.2, -0.15) is 0 Å². The Morgan fingerprint density at radius 3 is 2.41 bits per heavy atom. The van der Waals surface area contributed by atoms with Crippen molar-refractivity contribution in [1.82, 2.24) is 4.98 Å². The highest BCUT2D eigenvalue weighted by Crippen LogP contribution is 2.21. The molecule has 146 valence electrons. The van der Waals surface area contributed by atoms with Gasteiger partial charge in [0, 0.05) is 16.6 Å². The first-order chi connectivity index (χ1) is 13.9. The molecule has 0 saturated carbocycles. The van der Waals surface area contributed by atoms with Crippen LogP contribution in [0.4, 0.5) is 15.8 Å². The van der Waals surface area contributed by atoms with E-state index in [0.29, 0.717) is 22.3 Å². The topological polar surface area (TPSA) is 91.1 Å². The van der Waals surface area contributed by atoms with E-state index in [-0.39, 0.29) is 16.4 Å². The van der Waals surface area contributed by atoms with Crippen LogP contribution in [0.5, 0.6) is 0 Å². The van der Waals surface area contributed by atoms with E-state index < -0.39 is 15.9 Å². The normalized spacial score (nSPS) is 11.3. The van der Waals surface area contributed by atoms with Gasteiger partial charge in [0.15, 0.2) is 0 Å². The summed E-state index contributed by atoms with van der Waals surface area (Å²) in [6, 6.07) is 20.1. The minimum atomic E-state index is -3.74. The average Bonchev–Trinajstić information content (AvgIpc) is 3.12. The van der Waals surface area contributed by atoms with Crippen molar-refractivity contribution in [3.8, 4) is 0 Å². The molecule has 0 radical (unpaired) electrons. The van der Waals surface area contributed by atoms with E-state index in [1.165, 1.54) is 30.3 Å². The number of sulfonamides is 1. The highest BCUT2D eigenvalue weighted by atomic mass is 32.2. The number of aromatic nitrogens is 1. The summed E-state index contributed by atoms with van der Waals surface area (Å²) in [5.41, 5.74) is 1.63. The number of aromatic amines is 1. The first-order valence-corrected chi connectivity index (χ1v) is 10.2. The number of nitrogens with one attached hydrogen (secondary N) is 3. The molecule has 1 amide bonds. The molecule has 1 heterocycles. The number of halogens is 1. The average molecular weight is 409 g/mol. The quantitative estimate of drug-likeness (QED) is 0.457. The number of carbonyl (C=O) groups is 1. The lowest BCUT2D eigenvalue weighted by molar-refractivity contribution is 0.102. The molecule has 1 aromatic heterocycles. The van der Waals surface area contributed by atoms with Crippen LogP contribution in [0.2, 0.25) is 0 Å². The van der Waals surface area contributed by atoms with Gasteiger partial charge in [-0.05, 0) is 54.6 Å². The molecule has 0 spiro atoms. The Morgan fingerprint density at radius 2 is 1.62 bits per heavy atom. The first-order valence-electron chi connectivity index (χ1n) is 8.68. The van der Waals surface area contributed by atoms with Crippen LogP contribution >= 0.6 is 0 Å². The number of fused-ring (bicyclic) bond motifs is 1. The molecular formula is C21H16FN3O3S. The van der Waals surface area contributed by atoms with E-state index in [1.54, 1.807) is 48.5 Å². The summed E-state index contributed by atoms with van der Waals surface area (Å²) < 4.78 is 40.7. The second kappa shape index (κ2) is 7.40. The van der Waals surface area contributed by atoms with E-state index in [4.69, 9.17) is 0 Å². The third kappa shape index (κ3) is 4.12. The van der Waals surface area contributed by atoms with Crippen LogP contribution in [0, 0.1) is 5.82 Å². The Morgan fingerprint density at radius 1 is 0.862 bits per heavy atom. The van der Waals surface area contributed by atoms with Crippen molar-refractivity contribution >= 4 is 38.2 Å². The molecular weight excluding hydrogens is 393 g/mol. The zero-order valence-electron chi connectivity index (χ0n) is 15.0. The van der Waals surface area contributed by atoms with E-state index in [1.807, 2.05) is 0 Å². The van der Waals surface area contributed by atoms with Crippen LogP contribution in [0.15, 0.2) is 83.8 Å². The van der Waals surface area contributed by atoms with E-state index >= 15 is 0 Å². The molecule has 0 unspecified atom stereocenters. The van der Waals surface area contributed by atoms with Gasteiger partial charge in [0.1, 0.15) is 11.5 Å². The number of amides is 1. The summed E-state index contributed by atoms with van der Waals surface area (Å²) in [5.74, 6) is -0.813. The number of rotatable bonds is 5. The maximum absolute atomic E-state index is 13.3. The molecule has 0 atom stereocenters. The Balaban J connectivity index is 1.53. The Bertz CT molecular complexity index is 1300. The summed E-state index contributed by atoms with van der Waals surface area (Å²) in [6.07, 6.45) is 0. The summed E-state index contributed by atoms with van der Waals surface area (Å²) >= 11 is 0. The molecule has 0 fully saturated rings. The predicted octanol–water partition coefficient (Wildman–Crippen LogP) is 4.36. The molecule has 6 nitrogen and oxygen atoms in total. The monoisotopic (exact) mass is 409 g/mol. The third-order valence-electron chi connectivity index (χ3n) is 4.25. The minimum absolute atomic E-state index is 0.139. The predicted molar refractivity (Wildman–Crippen MR) is 110 cm³/mol. The summed E-state index contributed by atoms with van der Waals surface area (Å²) in [7, 11) is -3.74. The number of hydrogen-bond acceptors (Lipinski definition) is 3. The molecule has 29 heavy (non-hydrogen) atoms. The van der Waals surface area contributed by atoms with Crippen molar-refractivity contribution in [2.45, 2.75) is 4.90 Å². The molecule has 4 rings (SSSR count). The van der Waals surface area contributed by atoms with E-state index in [2.05, 4.69) is 15.0 Å². The maximum atomic E-state index is 13.3. The second-order valence-corrected chi connectivity index (χ2v) is 8.05. The van der Waals surface area contributed by atoms with Crippen LogP contribution < -0.4 is 10.0 Å². The smallest absolute Gasteiger partial charge is 0.272 e. The molecule has 4 aromatic rings. The highest BCUT2D eigenvalue weighted by molar-refractivity contribution is 7.92. The second-order valence-electron chi connectivity index (χ2n) is 6.37. The number of carbonyl (C=O) groups excluding carboxylic acids is 1. The largest absolute Gasteiger partial charge is 0.351 e. The van der Waals surface area contributed by atoms with Crippen molar-refractivity contribution in [2.75, 3.05) is 10.0 Å². The van der Waals surface area contributed by atoms with Gasteiger partial charge in [0.2, 0.25) is 0 Å². The Hall–Kier alpha value is -3.65. The lowest BCUT2D eigenvalue weighted by atomic mass is 10.2. The molecule has 0 bridgehead atoms. The standard InChI is InChI=1S/C21H16FN3O3S/c22-15-9-10-19-14(11-15)12-20(24-19)21(26)23-16-5-4-6-17(13-16)25-29(27,28)18-7-2-1-3-8-18/h1-13,24-25H,(H,23,26).